The predicted molar refractivity (Wildman–Crippen MR) is 60.1 cm³/mol. The molecule has 3 nitrogen and oxygen atoms in total. The number of nitrogens with one attached hydrogen (secondary N) is 1. The Morgan fingerprint density at radius 2 is 1.88 bits per heavy atom. The minimum Gasteiger partial charge on any atom is -0.314 e. The number of likely N-dealkylation sites (N-methyl/N-ethyl adjacent to an activating group) is 1. The Bertz CT molecular complexity index is 410. The van der Waals surface area contributed by atoms with Crippen molar-refractivity contribution in [3.63, 3.8) is 0 Å². The molecule has 0 spiro atoms. The van der Waals surface area contributed by atoms with E-state index in [1.165, 1.54) is 7.05 Å². The van der Waals surface area contributed by atoms with E-state index in [0.717, 1.165) is 4.68 Å². The molecule has 0 fully saturated rings. The lowest BCUT2D eigenvalue weighted by atomic mass is 9.95. The molecule has 0 unspecified atom stereocenters. The standard InChI is InChI=1S/C10H15ClF3N3/c1-9(2,15-3)5-6-7(10(12,13)14)16-17(4)8(6)11/h15H,5H2,1-4H3. The van der Waals surface area contributed by atoms with Crippen LogP contribution in [0.15, 0.2) is 0 Å². The Labute approximate surface area is 103 Å². The van der Waals surface area contributed by atoms with Crippen LogP contribution in [0.4, 0.5) is 13.2 Å². The molecule has 0 aliphatic rings. The summed E-state index contributed by atoms with van der Waals surface area (Å²) in [6, 6.07) is 0. The summed E-state index contributed by atoms with van der Waals surface area (Å²) in [5.74, 6) is 0. The molecule has 0 bridgehead atoms. The van der Waals surface area contributed by atoms with Crippen molar-refractivity contribution >= 4 is 11.6 Å². The third-order valence-corrected chi connectivity index (χ3v) is 3.11. The van der Waals surface area contributed by atoms with Gasteiger partial charge in [0.2, 0.25) is 0 Å². The molecule has 17 heavy (non-hydrogen) atoms. The van der Waals surface area contributed by atoms with Crippen molar-refractivity contribution in [2.24, 2.45) is 7.05 Å². The fourth-order valence-corrected chi connectivity index (χ4v) is 1.66. The molecule has 1 heterocycles. The number of halogens is 4. The van der Waals surface area contributed by atoms with E-state index in [2.05, 4.69) is 10.4 Å². The zero-order valence-corrected chi connectivity index (χ0v) is 10.9. The monoisotopic (exact) mass is 269 g/mol. The quantitative estimate of drug-likeness (QED) is 0.914. The molecule has 0 aromatic carbocycles. The summed E-state index contributed by atoms with van der Waals surface area (Å²) in [4.78, 5) is 0. The minimum absolute atomic E-state index is 0.0284. The van der Waals surface area contributed by atoms with Crippen molar-refractivity contribution in [1.29, 1.82) is 0 Å². The molecule has 0 radical (unpaired) electrons. The maximum atomic E-state index is 12.8. The molecule has 1 aromatic rings. The van der Waals surface area contributed by atoms with E-state index in [1.807, 2.05) is 0 Å². The summed E-state index contributed by atoms with van der Waals surface area (Å²) in [6.07, 6.45) is -4.32. The van der Waals surface area contributed by atoms with Gasteiger partial charge in [-0.1, -0.05) is 11.6 Å². The largest absolute Gasteiger partial charge is 0.435 e. The Balaban J connectivity index is 3.23. The van der Waals surface area contributed by atoms with E-state index in [1.54, 1.807) is 20.9 Å². The van der Waals surface area contributed by atoms with Crippen LogP contribution in [0.5, 0.6) is 0 Å². The number of rotatable bonds is 3. The minimum atomic E-state index is -4.48. The third kappa shape index (κ3) is 3.13. The molecule has 0 aliphatic carbocycles. The van der Waals surface area contributed by atoms with Crippen LogP contribution in [0.3, 0.4) is 0 Å². The first-order valence-electron chi connectivity index (χ1n) is 5.06. The zero-order chi connectivity index (χ0) is 13.4. The molecule has 0 saturated carbocycles. The molecule has 0 aliphatic heterocycles. The SMILES string of the molecule is CNC(C)(C)Cc1c(C(F)(F)F)nn(C)c1Cl. The summed E-state index contributed by atoms with van der Waals surface area (Å²) >= 11 is 5.86. The highest BCUT2D eigenvalue weighted by atomic mass is 35.5. The van der Waals surface area contributed by atoms with Gasteiger partial charge in [-0.25, -0.2) is 0 Å². The van der Waals surface area contributed by atoms with Crippen LogP contribution in [0.2, 0.25) is 5.15 Å². The second-order valence-electron chi connectivity index (χ2n) is 4.55. The first kappa shape index (κ1) is 14.3. The van der Waals surface area contributed by atoms with Gasteiger partial charge in [0.15, 0.2) is 5.69 Å². The fraction of sp³-hybridized carbons (Fsp3) is 0.700. The van der Waals surface area contributed by atoms with Crippen LogP contribution in [0.1, 0.15) is 25.1 Å². The highest BCUT2D eigenvalue weighted by Crippen LogP contribution is 2.35. The van der Waals surface area contributed by atoms with Crippen LogP contribution in [0.25, 0.3) is 0 Å². The molecule has 0 saturated heterocycles. The van der Waals surface area contributed by atoms with E-state index >= 15 is 0 Å². The average molecular weight is 270 g/mol. The first-order valence-corrected chi connectivity index (χ1v) is 5.44. The van der Waals surface area contributed by atoms with Crippen molar-refractivity contribution < 1.29 is 13.2 Å². The number of nitrogens with zero attached hydrogens (tertiary/aromatic N) is 2. The molecule has 0 amide bonds. The van der Waals surface area contributed by atoms with E-state index in [0.29, 0.717) is 0 Å². The Morgan fingerprint density at radius 1 is 1.35 bits per heavy atom. The maximum Gasteiger partial charge on any atom is 0.435 e. The number of hydrogen-bond donors (Lipinski definition) is 1. The molecule has 7 heteroatoms. The van der Waals surface area contributed by atoms with Gasteiger partial charge in [0.25, 0.3) is 0 Å². The zero-order valence-electron chi connectivity index (χ0n) is 10.1. The summed E-state index contributed by atoms with van der Waals surface area (Å²) < 4.78 is 39.3. The molecule has 0 atom stereocenters. The van der Waals surface area contributed by atoms with E-state index in [4.69, 9.17) is 11.6 Å². The normalized spacial score (nSPS) is 13.2. The smallest absolute Gasteiger partial charge is 0.314 e. The topological polar surface area (TPSA) is 29.9 Å². The molecule has 98 valence electrons. The van der Waals surface area contributed by atoms with Crippen molar-refractivity contribution in [3.05, 3.63) is 16.4 Å². The molecule has 1 aromatic heterocycles. The van der Waals surface area contributed by atoms with Gasteiger partial charge in [-0.3, -0.25) is 4.68 Å². The van der Waals surface area contributed by atoms with Gasteiger partial charge < -0.3 is 5.32 Å². The summed E-state index contributed by atoms with van der Waals surface area (Å²) in [5, 5.41) is 6.40. The van der Waals surface area contributed by atoms with E-state index in [9.17, 15) is 13.2 Å². The lowest BCUT2D eigenvalue weighted by Crippen LogP contribution is -2.38. The molecule has 1 N–H and O–H groups in total. The highest BCUT2D eigenvalue weighted by molar-refractivity contribution is 6.30. The van der Waals surface area contributed by atoms with Gasteiger partial charge in [-0.2, -0.15) is 18.3 Å². The van der Waals surface area contributed by atoms with Gasteiger partial charge in [-0.15, -0.1) is 0 Å². The Hall–Kier alpha value is -0.750. The lowest BCUT2D eigenvalue weighted by molar-refractivity contribution is -0.142. The number of aryl methyl sites for hydroxylation is 1. The van der Waals surface area contributed by atoms with Crippen LogP contribution >= 0.6 is 11.6 Å². The molecular formula is C10H15ClF3N3. The van der Waals surface area contributed by atoms with Gasteiger partial charge in [0.05, 0.1) is 0 Å². The van der Waals surface area contributed by atoms with Crippen LogP contribution in [-0.4, -0.2) is 22.4 Å². The molecular weight excluding hydrogens is 255 g/mol. The van der Waals surface area contributed by atoms with Crippen molar-refractivity contribution in [3.8, 4) is 0 Å². The Kier molecular flexibility index (Phi) is 3.78. The maximum absolute atomic E-state index is 12.8. The van der Waals surface area contributed by atoms with E-state index in [-0.39, 0.29) is 17.1 Å². The van der Waals surface area contributed by atoms with Gasteiger partial charge in [-0.05, 0) is 27.3 Å². The van der Waals surface area contributed by atoms with Crippen molar-refractivity contribution in [1.82, 2.24) is 15.1 Å². The predicted octanol–water partition coefficient (Wildman–Crippen LogP) is 2.63. The second-order valence-corrected chi connectivity index (χ2v) is 4.91. The highest BCUT2D eigenvalue weighted by Gasteiger charge is 2.39. The summed E-state index contributed by atoms with van der Waals surface area (Å²) in [5.41, 5.74) is -1.36. The average Bonchev–Trinajstić information content (AvgIpc) is 2.45. The van der Waals surface area contributed by atoms with Gasteiger partial charge in [0.1, 0.15) is 5.15 Å². The lowest BCUT2D eigenvalue weighted by Gasteiger charge is -2.24. The Morgan fingerprint density at radius 3 is 2.29 bits per heavy atom. The first-order chi connectivity index (χ1) is 7.58. The van der Waals surface area contributed by atoms with Crippen molar-refractivity contribution in [2.45, 2.75) is 32.0 Å². The van der Waals surface area contributed by atoms with Gasteiger partial charge >= 0.3 is 6.18 Å². The van der Waals surface area contributed by atoms with Crippen LogP contribution in [0, 0.1) is 0 Å². The summed E-state index contributed by atoms with van der Waals surface area (Å²) in [6.45, 7) is 3.60. The number of alkyl halides is 3. The number of aromatic nitrogens is 2. The van der Waals surface area contributed by atoms with Crippen LogP contribution < -0.4 is 5.32 Å². The van der Waals surface area contributed by atoms with Gasteiger partial charge in [0, 0.05) is 18.2 Å². The fourth-order valence-electron chi connectivity index (χ4n) is 1.46. The number of hydrogen-bond acceptors (Lipinski definition) is 2. The van der Waals surface area contributed by atoms with Crippen LogP contribution in [-0.2, 0) is 19.6 Å². The van der Waals surface area contributed by atoms with Crippen molar-refractivity contribution in [2.75, 3.05) is 7.05 Å². The summed E-state index contributed by atoms with van der Waals surface area (Å²) in [7, 11) is 3.09. The second kappa shape index (κ2) is 4.49. The third-order valence-electron chi connectivity index (χ3n) is 2.63. The molecule has 1 rings (SSSR count). The van der Waals surface area contributed by atoms with E-state index < -0.39 is 17.4 Å².